The number of ether oxygens (including phenoxy) is 2. The highest BCUT2D eigenvalue weighted by atomic mass is 79.9. The monoisotopic (exact) mass is 436 g/mol. The summed E-state index contributed by atoms with van der Waals surface area (Å²) >= 11 is 3.66. The van der Waals surface area contributed by atoms with E-state index >= 15 is 0 Å². The van der Waals surface area contributed by atoms with E-state index < -0.39 is 0 Å². The fourth-order valence-electron chi connectivity index (χ4n) is 5.70. The second-order valence-electron chi connectivity index (χ2n) is 8.40. The Morgan fingerprint density at radius 2 is 1.70 bits per heavy atom. The van der Waals surface area contributed by atoms with E-state index in [1.807, 2.05) is 6.07 Å². The molecule has 2 heterocycles. The third kappa shape index (κ3) is 4.01. The van der Waals surface area contributed by atoms with E-state index in [1.165, 1.54) is 70.1 Å². The molecular formula is C22H33BrN2O2. The smallest absolute Gasteiger partial charge is 0.136 e. The van der Waals surface area contributed by atoms with Gasteiger partial charge in [0.15, 0.2) is 0 Å². The van der Waals surface area contributed by atoms with E-state index in [0.717, 1.165) is 34.5 Å². The number of hydrogen-bond acceptors (Lipinski definition) is 4. The molecule has 1 aromatic rings. The number of nitrogens with zero attached hydrogens (tertiary/aromatic N) is 2. The first-order valence-electron chi connectivity index (χ1n) is 10.6. The normalized spacial score (nSPS) is 27.5. The zero-order chi connectivity index (χ0) is 18.8. The van der Waals surface area contributed by atoms with E-state index in [1.54, 1.807) is 14.2 Å². The highest BCUT2D eigenvalue weighted by Crippen LogP contribution is 2.40. The van der Waals surface area contributed by atoms with Gasteiger partial charge < -0.3 is 9.47 Å². The molecule has 27 heavy (non-hydrogen) atoms. The summed E-state index contributed by atoms with van der Waals surface area (Å²) in [4.78, 5) is 5.55. The Morgan fingerprint density at radius 3 is 2.44 bits per heavy atom. The van der Waals surface area contributed by atoms with Crippen molar-refractivity contribution in [3.05, 3.63) is 22.2 Å². The van der Waals surface area contributed by atoms with Crippen molar-refractivity contribution in [2.75, 3.05) is 33.9 Å². The van der Waals surface area contributed by atoms with Gasteiger partial charge >= 0.3 is 0 Å². The summed E-state index contributed by atoms with van der Waals surface area (Å²) in [6, 6.07) is 5.67. The summed E-state index contributed by atoms with van der Waals surface area (Å²) in [5.41, 5.74) is 1.26. The highest BCUT2D eigenvalue weighted by Gasteiger charge is 2.43. The van der Waals surface area contributed by atoms with Gasteiger partial charge in [-0.1, -0.05) is 19.3 Å². The largest absolute Gasteiger partial charge is 0.496 e. The van der Waals surface area contributed by atoms with Gasteiger partial charge in [0.25, 0.3) is 0 Å². The molecule has 1 aliphatic carbocycles. The van der Waals surface area contributed by atoms with Crippen molar-refractivity contribution in [3.63, 3.8) is 0 Å². The van der Waals surface area contributed by atoms with Crippen LogP contribution in [0.4, 0.5) is 0 Å². The molecular weight excluding hydrogens is 404 g/mol. The Hall–Kier alpha value is -0.780. The second-order valence-corrected chi connectivity index (χ2v) is 9.26. The number of benzene rings is 1. The number of fused-ring (bicyclic) bond motifs is 1. The molecule has 2 unspecified atom stereocenters. The van der Waals surface area contributed by atoms with Crippen LogP contribution in [0.2, 0.25) is 0 Å². The van der Waals surface area contributed by atoms with E-state index in [9.17, 15) is 0 Å². The second kappa shape index (κ2) is 8.71. The fourth-order valence-corrected chi connectivity index (χ4v) is 6.26. The molecule has 2 saturated heterocycles. The molecule has 4 nitrogen and oxygen atoms in total. The lowest BCUT2D eigenvalue weighted by Gasteiger charge is -2.49. The lowest BCUT2D eigenvalue weighted by Crippen LogP contribution is -2.59. The van der Waals surface area contributed by atoms with Crippen LogP contribution in [-0.4, -0.2) is 55.7 Å². The number of methoxy groups -OCH3 is 2. The molecule has 3 aliphatic rings. The average molecular weight is 437 g/mol. The quantitative estimate of drug-likeness (QED) is 0.667. The maximum Gasteiger partial charge on any atom is 0.136 e. The molecule has 0 bridgehead atoms. The third-order valence-corrected chi connectivity index (χ3v) is 7.59. The van der Waals surface area contributed by atoms with Gasteiger partial charge in [0, 0.05) is 43.3 Å². The van der Waals surface area contributed by atoms with Crippen LogP contribution in [0, 0.1) is 5.92 Å². The molecule has 4 rings (SSSR count). The van der Waals surface area contributed by atoms with Gasteiger partial charge in [-0.25, -0.2) is 0 Å². The number of hydrogen-bond donors (Lipinski definition) is 0. The highest BCUT2D eigenvalue weighted by molar-refractivity contribution is 9.10. The van der Waals surface area contributed by atoms with Crippen molar-refractivity contribution < 1.29 is 9.47 Å². The van der Waals surface area contributed by atoms with Crippen LogP contribution in [0.25, 0.3) is 0 Å². The van der Waals surface area contributed by atoms with Gasteiger partial charge in [0.05, 0.1) is 18.7 Å². The number of halogens is 1. The summed E-state index contributed by atoms with van der Waals surface area (Å²) in [5.74, 6) is 2.63. The van der Waals surface area contributed by atoms with Crippen molar-refractivity contribution in [2.45, 2.75) is 63.6 Å². The first-order valence-corrected chi connectivity index (χ1v) is 11.4. The van der Waals surface area contributed by atoms with Gasteiger partial charge in [-0.15, -0.1) is 0 Å². The summed E-state index contributed by atoms with van der Waals surface area (Å²) in [6.07, 6.45) is 9.83. The average Bonchev–Trinajstić information content (AvgIpc) is 3.17. The lowest BCUT2D eigenvalue weighted by atomic mass is 9.78. The van der Waals surface area contributed by atoms with Crippen LogP contribution in [0.15, 0.2) is 16.6 Å². The fraction of sp³-hybridized carbons (Fsp3) is 0.727. The van der Waals surface area contributed by atoms with Gasteiger partial charge in [-0.2, -0.15) is 0 Å². The van der Waals surface area contributed by atoms with Crippen molar-refractivity contribution in [2.24, 2.45) is 5.92 Å². The Balaban J connectivity index is 1.60. The van der Waals surface area contributed by atoms with Crippen LogP contribution in [0.1, 0.15) is 50.5 Å². The lowest BCUT2D eigenvalue weighted by molar-refractivity contribution is -0.00413. The van der Waals surface area contributed by atoms with E-state index in [0.29, 0.717) is 6.04 Å². The molecule has 0 aromatic heterocycles. The van der Waals surface area contributed by atoms with E-state index in [2.05, 4.69) is 31.8 Å². The van der Waals surface area contributed by atoms with Crippen molar-refractivity contribution in [1.82, 2.24) is 9.80 Å². The predicted octanol–water partition coefficient (Wildman–Crippen LogP) is 4.70. The van der Waals surface area contributed by atoms with Crippen molar-refractivity contribution in [3.8, 4) is 11.5 Å². The van der Waals surface area contributed by atoms with E-state index in [-0.39, 0.29) is 0 Å². The molecule has 0 spiro atoms. The van der Waals surface area contributed by atoms with Crippen LogP contribution >= 0.6 is 15.9 Å². The Bertz CT molecular complexity index is 647. The number of piperazine rings is 1. The molecule has 1 saturated carbocycles. The van der Waals surface area contributed by atoms with Gasteiger partial charge in [0.1, 0.15) is 11.5 Å². The van der Waals surface area contributed by atoms with E-state index in [4.69, 9.17) is 9.47 Å². The third-order valence-electron chi connectivity index (χ3n) is 6.97. The molecule has 2 atom stereocenters. The maximum absolute atomic E-state index is 5.71. The zero-order valence-corrected chi connectivity index (χ0v) is 18.3. The summed E-state index contributed by atoms with van der Waals surface area (Å²) in [7, 11) is 3.47. The van der Waals surface area contributed by atoms with Crippen molar-refractivity contribution >= 4 is 15.9 Å². The minimum absolute atomic E-state index is 0.701. The van der Waals surface area contributed by atoms with Gasteiger partial charge in [0.2, 0.25) is 0 Å². The standard InChI is InChI=1S/C22H33BrN2O2/c1-26-20-14-21(27-2)18(23)13-17(20)15-25-12-11-24-10-6-9-19(24)22(25)16-7-4-3-5-8-16/h13-14,16,19,22H,3-12,15H2,1-2H3. The molecule has 1 aromatic carbocycles. The zero-order valence-electron chi connectivity index (χ0n) is 16.8. The Morgan fingerprint density at radius 1 is 0.926 bits per heavy atom. The van der Waals surface area contributed by atoms with Crippen LogP contribution in [0.3, 0.4) is 0 Å². The SMILES string of the molecule is COc1cc(OC)c(CN2CCN3CCCC3C2C2CCCCC2)cc1Br. The summed E-state index contributed by atoms with van der Waals surface area (Å²) in [6.45, 7) is 4.66. The molecule has 0 amide bonds. The topological polar surface area (TPSA) is 24.9 Å². The van der Waals surface area contributed by atoms with Gasteiger partial charge in [-0.3, -0.25) is 9.80 Å². The first kappa shape index (κ1) is 19.5. The summed E-state index contributed by atoms with van der Waals surface area (Å²) in [5, 5.41) is 0. The first-order chi connectivity index (χ1) is 13.2. The van der Waals surface area contributed by atoms with Crippen molar-refractivity contribution in [1.29, 1.82) is 0 Å². The molecule has 0 radical (unpaired) electrons. The maximum atomic E-state index is 5.71. The molecule has 150 valence electrons. The molecule has 0 N–H and O–H groups in total. The Labute approximate surface area is 172 Å². The minimum atomic E-state index is 0.701. The molecule has 5 heteroatoms. The predicted molar refractivity (Wildman–Crippen MR) is 113 cm³/mol. The van der Waals surface area contributed by atoms with Crippen LogP contribution in [-0.2, 0) is 6.54 Å². The Kier molecular flexibility index (Phi) is 6.30. The van der Waals surface area contributed by atoms with Crippen LogP contribution < -0.4 is 9.47 Å². The van der Waals surface area contributed by atoms with Crippen LogP contribution in [0.5, 0.6) is 11.5 Å². The molecule has 2 aliphatic heterocycles. The molecule has 3 fully saturated rings. The number of rotatable bonds is 5. The minimum Gasteiger partial charge on any atom is -0.496 e. The van der Waals surface area contributed by atoms with Gasteiger partial charge in [-0.05, 0) is 60.1 Å². The summed E-state index contributed by atoms with van der Waals surface area (Å²) < 4.78 is 12.2.